The Morgan fingerprint density at radius 1 is 1.03 bits per heavy atom. The molecule has 32 heavy (non-hydrogen) atoms. The van der Waals surface area contributed by atoms with Gasteiger partial charge in [-0.3, -0.25) is 19.2 Å². The highest BCUT2D eigenvalue weighted by Crippen LogP contribution is 2.43. The summed E-state index contributed by atoms with van der Waals surface area (Å²) in [4.78, 5) is 14.4. The molecule has 1 saturated heterocycles. The molecule has 1 atom stereocenters. The Hall–Kier alpha value is -2.33. The summed E-state index contributed by atoms with van der Waals surface area (Å²) in [6.45, 7) is 0.658. The first-order valence-electron chi connectivity index (χ1n) is 10.1. The number of fused-ring (bicyclic) bond motifs is 3. The fraction of sp³-hybridized carbons (Fsp3) is 0.333. The average molecular weight is 483 g/mol. The largest absolute Gasteiger partial charge is 0.401 e. The average Bonchev–Trinajstić information content (AvgIpc) is 3.22. The number of rotatable bonds is 3. The van der Waals surface area contributed by atoms with E-state index in [-0.39, 0.29) is 6.17 Å². The van der Waals surface area contributed by atoms with E-state index in [0.29, 0.717) is 41.9 Å². The number of piperazine rings is 1. The Morgan fingerprint density at radius 2 is 1.75 bits per heavy atom. The number of alkyl halides is 3. The molecule has 6 nitrogen and oxygen atoms in total. The standard InChI is InChI=1S/C21H19Cl2F3N6/c22-15-2-1-3-16(23)19(15)32-18(30-8-6-29(7-9-30)12-21(24,25)26)5-4-17-20(32)31-13-27-10-14(31)11-28-17/h1-5,10-11,13,18H,6-9,12H2. The van der Waals surface area contributed by atoms with Gasteiger partial charge in [-0.1, -0.05) is 29.3 Å². The van der Waals surface area contributed by atoms with Crippen LogP contribution in [0.1, 0.15) is 5.69 Å². The maximum Gasteiger partial charge on any atom is 0.401 e. The Labute approximate surface area is 192 Å². The molecule has 2 aliphatic rings. The van der Waals surface area contributed by atoms with Gasteiger partial charge in [0.1, 0.15) is 24.0 Å². The summed E-state index contributed by atoms with van der Waals surface area (Å²) in [5.41, 5.74) is 2.14. The molecule has 1 aromatic carbocycles. The molecule has 0 saturated carbocycles. The number of imidazole rings is 1. The normalized spacial score (nSPS) is 20.2. The molecule has 11 heteroatoms. The van der Waals surface area contributed by atoms with Crippen molar-refractivity contribution in [2.24, 2.45) is 0 Å². The van der Waals surface area contributed by atoms with Gasteiger partial charge in [-0.2, -0.15) is 13.2 Å². The molecule has 0 aliphatic carbocycles. The number of benzene rings is 1. The van der Waals surface area contributed by atoms with E-state index in [4.69, 9.17) is 23.2 Å². The molecule has 3 aromatic rings. The second-order valence-electron chi connectivity index (χ2n) is 7.80. The summed E-state index contributed by atoms with van der Waals surface area (Å²) < 4.78 is 40.4. The van der Waals surface area contributed by atoms with Gasteiger partial charge >= 0.3 is 6.18 Å². The van der Waals surface area contributed by atoms with Crippen molar-refractivity contribution in [1.29, 1.82) is 0 Å². The topological polar surface area (TPSA) is 39.9 Å². The first kappa shape index (κ1) is 21.5. The fourth-order valence-electron chi connectivity index (χ4n) is 4.32. The third-order valence-corrected chi connectivity index (χ3v) is 6.35. The van der Waals surface area contributed by atoms with E-state index in [1.165, 1.54) is 4.90 Å². The Kier molecular flexibility index (Phi) is 5.53. The maximum atomic E-state index is 12.8. The minimum atomic E-state index is -4.21. The van der Waals surface area contributed by atoms with Crippen LogP contribution in [0.5, 0.6) is 0 Å². The predicted molar refractivity (Wildman–Crippen MR) is 118 cm³/mol. The SMILES string of the molecule is FC(F)(F)CN1CCN(C2C=Cc3ncc4cncn4c3N2c2c(Cl)cccc2Cl)CC1. The Balaban J connectivity index is 1.55. The molecule has 0 amide bonds. The zero-order valence-corrected chi connectivity index (χ0v) is 18.3. The molecule has 0 bridgehead atoms. The van der Waals surface area contributed by atoms with Crippen molar-refractivity contribution in [2.45, 2.75) is 12.3 Å². The van der Waals surface area contributed by atoms with Crippen LogP contribution in [-0.2, 0) is 0 Å². The number of hydrogen-bond donors (Lipinski definition) is 0. The van der Waals surface area contributed by atoms with Crippen molar-refractivity contribution in [1.82, 2.24) is 24.2 Å². The van der Waals surface area contributed by atoms with Crippen LogP contribution >= 0.6 is 23.2 Å². The number of halogens is 5. The molecular weight excluding hydrogens is 464 g/mol. The van der Waals surface area contributed by atoms with Gasteiger partial charge in [0.05, 0.1) is 40.2 Å². The lowest BCUT2D eigenvalue weighted by Gasteiger charge is -2.45. The van der Waals surface area contributed by atoms with Gasteiger partial charge in [0.15, 0.2) is 0 Å². The summed E-state index contributed by atoms with van der Waals surface area (Å²) in [6.07, 6.45) is 4.54. The first-order chi connectivity index (χ1) is 15.3. The van der Waals surface area contributed by atoms with Crippen molar-refractivity contribution in [3.8, 4) is 0 Å². The highest BCUT2D eigenvalue weighted by atomic mass is 35.5. The Bertz CT molecular complexity index is 1150. The smallest absolute Gasteiger partial charge is 0.303 e. The molecule has 0 spiro atoms. The molecule has 2 aliphatic heterocycles. The van der Waals surface area contributed by atoms with Crippen molar-refractivity contribution in [2.75, 3.05) is 37.6 Å². The number of anilines is 2. The number of aromatic nitrogens is 3. The van der Waals surface area contributed by atoms with Crippen LogP contribution in [0.15, 0.2) is 43.0 Å². The zero-order valence-electron chi connectivity index (χ0n) is 16.8. The lowest BCUT2D eigenvalue weighted by Crippen LogP contribution is -2.56. The number of hydrogen-bond acceptors (Lipinski definition) is 5. The molecular formula is C21H19Cl2F3N6. The van der Waals surface area contributed by atoms with E-state index < -0.39 is 12.7 Å². The minimum absolute atomic E-state index is 0.303. The number of para-hydroxylation sites is 1. The van der Waals surface area contributed by atoms with E-state index in [1.807, 2.05) is 21.5 Å². The van der Waals surface area contributed by atoms with Crippen LogP contribution in [0.3, 0.4) is 0 Å². The Morgan fingerprint density at radius 3 is 2.44 bits per heavy atom. The zero-order chi connectivity index (χ0) is 22.5. The van der Waals surface area contributed by atoms with Gasteiger partial charge in [-0.25, -0.2) is 4.98 Å². The lowest BCUT2D eigenvalue weighted by atomic mass is 10.1. The van der Waals surface area contributed by atoms with Gasteiger partial charge in [0.25, 0.3) is 0 Å². The highest BCUT2D eigenvalue weighted by Gasteiger charge is 2.37. The summed E-state index contributed by atoms with van der Waals surface area (Å²) in [5.74, 6) is 0.750. The van der Waals surface area contributed by atoms with E-state index in [9.17, 15) is 13.2 Å². The third kappa shape index (κ3) is 3.94. The monoisotopic (exact) mass is 482 g/mol. The van der Waals surface area contributed by atoms with Gasteiger partial charge < -0.3 is 4.90 Å². The van der Waals surface area contributed by atoms with Crippen LogP contribution in [0.25, 0.3) is 11.6 Å². The van der Waals surface area contributed by atoms with Crippen LogP contribution in [-0.4, -0.2) is 69.2 Å². The maximum absolute atomic E-state index is 12.8. The van der Waals surface area contributed by atoms with Crippen LogP contribution < -0.4 is 4.90 Å². The highest BCUT2D eigenvalue weighted by molar-refractivity contribution is 6.39. The quantitative estimate of drug-likeness (QED) is 0.540. The second kappa shape index (κ2) is 8.22. The third-order valence-electron chi connectivity index (χ3n) is 5.74. The summed E-state index contributed by atoms with van der Waals surface area (Å²) in [7, 11) is 0. The molecule has 5 rings (SSSR count). The predicted octanol–water partition coefficient (Wildman–Crippen LogP) is 4.71. The lowest BCUT2D eigenvalue weighted by molar-refractivity contribution is -0.149. The molecule has 168 valence electrons. The molecule has 4 heterocycles. The van der Waals surface area contributed by atoms with Gasteiger partial charge in [-0.05, 0) is 24.3 Å². The molecule has 0 N–H and O–H groups in total. The van der Waals surface area contributed by atoms with E-state index in [1.54, 1.807) is 36.9 Å². The van der Waals surface area contributed by atoms with E-state index >= 15 is 0 Å². The van der Waals surface area contributed by atoms with Crippen molar-refractivity contribution >= 4 is 46.3 Å². The summed E-state index contributed by atoms with van der Waals surface area (Å²) in [5, 5.41) is 0.938. The van der Waals surface area contributed by atoms with Gasteiger partial charge in [0.2, 0.25) is 0 Å². The second-order valence-corrected chi connectivity index (χ2v) is 8.61. The molecule has 1 fully saturated rings. The minimum Gasteiger partial charge on any atom is -0.303 e. The molecule has 0 radical (unpaired) electrons. The van der Waals surface area contributed by atoms with Crippen LogP contribution in [0, 0.1) is 0 Å². The van der Waals surface area contributed by atoms with E-state index in [2.05, 4.69) is 14.9 Å². The van der Waals surface area contributed by atoms with Crippen molar-refractivity contribution in [3.05, 3.63) is 58.7 Å². The van der Waals surface area contributed by atoms with Crippen LogP contribution in [0.4, 0.5) is 24.7 Å². The first-order valence-corrected chi connectivity index (χ1v) is 10.8. The van der Waals surface area contributed by atoms with E-state index in [0.717, 1.165) is 17.0 Å². The molecule has 2 aromatic heterocycles. The van der Waals surface area contributed by atoms with Gasteiger partial charge in [-0.15, -0.1) is 0 Å². The number of nitrogens with zero attached hydrogens (tertiary/aromatic N) is 6. The van der Waals surface area contributed by atoms with Crippen molar-refractivity contribution in [3.63, 3.8) is 0 Å². The summed E-state index contributed by atoms with van der Waals surface area (Å²) in [6, 6.07) is 5.30. The van der Waals surface area contributed by atoms with Gasteiger partial charge in [0, 0.05) is 26.2 Å². The fourth-order valence-corrected chi connectivity index (χ4v) is 4.90. The molecule has 1 unspecified atom stereocenters. The van der Waals surface area contributed by atoms with Crippen molar-refractivity contribution < 1.29 is 13.2 Å². The van der Waals surface area contributed by atoms with Crippen LogP contribution in [0.2, 0.25) is 10.0 Å². The summed E-state index contributed by atoms with van der Waals surface area (Å²) >= 11 is 13.2.